The standard InChI is InChI=1S/C18H17O/c1-2-3-10-19-18-9-8-16-11-14-6-4-5-7-15(14)12-17(16)13-18/h4-9,11,13H,2-3,10H2,1H3. The zero-order chi connectivity index (χ0) is 13.1. The Kier molecular flexibility index (Phi) is 3.37. The third-order valence-electron chi connectivity index (χ3n) is 3.33. The van der Waals surface area contributed by atoms with Crippen molar-refractivity contribution in [1.29, 1.82) is 0 Å². The fourth-order valence-electron chi connectivity index (χ4n) is 2.24. The van der Waals surface area contributed by atoms with Gasteiger partial charge in [-0.1, -0.05) is 43.7 Å². The van der Waals surface area contributed by atoms with Crippen LogP contribution in [0.3, 0.4) is 0 Å². The molecule has 3 aromatic rings. The highest BCUT2D eigenvalue weighted by Crippen LogP contribution is 2.25. The molecular weight excluding hydrogens is 232 g/mol. The van der Waals surface area contributed by atoms with Gasteiger partial charge in [0.15, 0.2) is 0 Å². The lowest BCUT2D eigenvalue weighted by atomic mass is 10.0. The third-order valence-corrected chi connectivity index (χ3v) is 3.33. The minimum Gasteiger partial charge on any atom is -0.494 e. The van der Waals surface area contributed by atoms with Crippen LogP contribution in [0.2, 0.25) is 0 Å². The number of hydrogen-bond acceptors (Lipinski definition) is 1. The van der Waals surface area contributed by atoms with Gasteiger partial charge in [-0.2, -0.15) is 0 Å². The molecule has 0 aliphatic rings. The van der Waals surface area contributed by atoms with Crippen LogP contribution in [-0.2, 0) is 0 Å². The van der Waals surface area contributed by atoms with Crippen molar-refractivity contribution in [2.45, 2.75) is 19.8 Å². The van der Waals surface area contributed by atoms with Crippen molar-refractivity contribution >= 4 is 21.5 Å². The summed E-state index contributed by atoms with van der Waals surface area (Å²) in [5.41, 5.74) is 0. The summed E-state index contributed by atoms with van der Waals surface area (Å²) < 4.78 is 5.75. The highest BCUT2D eigenvalue weighted by molar-refractivity contribution is 5.97. The van der Waals surface area contributed by atoms with E-state index in [-0.39, 0.29) is 0 Å². The molecule has 0 bridgehead atoms. The SMILES string of the molecule is CCCCOc1ccc2cc3ccccc3[c]c2c1. The van der Waals surface area contributed by atoms with Crippen LogP contribution >= 0.6 is 0 Å². The number of benzene rings is 3. The molecule has 0 heterocycles. The van der Waals surface area contributed by atoms with Crippen molar-refractivity contribution in [2.75, 3.05) is 6.61 Å². The highest BCUT2D eigenvalue weighted by Gasteiger charge is 2.00. The lowest BCUT2D eigenvalue weighted by Gasteiger charge is -2.07. The Morgan fingerprint density at radius 1 is 0.947 bits per heavy atom. The molecule has 0 saturated heterocycles. The Bertz CT molecular complexity index is 700. The van der Waals surface area contributed by atoms with Gasteiger partial charge in [-0.3, -0.25) is 0 Å². The maximum atomic E-state index is 5.75. The Morgan fingerprint density at radius 3 is 2.68 bits per heavy atom. The van der Waals surface area contributed by atoms with Gasteiger partial charge in [-0.05, 0) is 52.2 Å². The first kappa shape index (κ1) is 12.0. The van der Waals surface area contributed by atoms with Crippen LogP contribution in [0.25, 0.3) is 21.5 Å². The monoisotopic (exact) mass is 249 g/mol. The normalized spacial score (nSPS) is 11.0. The molecule has 1 heteroatoms. The quantitative estimate of drug-likeness (QED) is 0.468. The van der Waals surface area contributed by atoms with E-state index in [2.05, 4.69) is 49.4 Å². The van der Waals surface area contributed by atoms with E-state index in [1.54, 1.807) is 0 Å². The molecule has 1 nitrogen and oxygen atoms in total. The number of fused-ring (bicyclic) bond motifs is 2. The second kappa shape index (κ2) is 5.31. The van der Waals surface area contributed by atoms with Gasteiger partial charge >= 0.3 is 0 Å². The Labute approximate surface area is 113 Å². The molecule has 0 aliphatic heterocycles. The van der Waals surface area contributed by atoms with Crippen LogP contribution in [0.4, 0.5) is 0 Å². The number of unbranched alkanes of at least 4 members (excludes halogenated alkanes) is 1. The Hall–Kier alpha value is -2.02. The van der Waals surface area contributed by atoms with E-state index in [0.717, 1.165) is 36.0 Å². The van der Waals surface area contributed by atoms with E-state index in [0.29, 0.717) is 0 Å². The summed E-state index contributed by atoms with van der Waals surface area (Å²) in [4.78, 5) is 0. The first-order chi connectivity index (χ1) is 9.36. The molecule has 0 N–H and O–H groups in total. The molecule has 3 rings (SSSR count). The van der Waals surface area contributed by atoms with Crippen LogP contribution < -0.4 is 4.74 Å². The van der Waals surface area contributed by atoms with Gasteiger partial charge in [0.05, 0.1) is 6.61 Å². The second-order valence-electron chi connectivity index (χ2n) is 4.81. The van der Waals surface area contributed by atoms with Crippen LogP contribution in [0.5, 0.6) is 5.75 Å². The van der Waals surface area contributed by atoms with E-state index in [4.69, 9.17) is 4.74 Å². The smallest absolute Gasteiger partial charge is 0.119 e. The Morgan fingerprint density at radius 2 is 1.79 bits per heavy atom. The molecule has 0 atom stereocenters. The summed E-state index contributed by atoms with van der Waals surface area (Å²) in [7, 11) is 0. The van der Waals surface area contributed by atoms with Gasteiger partial charge in [0.2, 0.25) is 0 Å². The topological polar surface area (TPSA) is 9.23 Å². The number of ether oxygens (including phenoxy) is 1. The highest BCUT2D eigenvalue weighted by atomic mass is 16.5. The molecule has 0 aliphatic carbocycles. The summed E-state index contributed by atoms with van der Waals surface area (Å²) in [6, 6.07) is 20.2. The molecule has 19 heavy (non-hydrogen) atoms. The molecule has 0 spiro atoms. The summed E-state index contributed by atoms with van der Waals surface area (Å²) in [5.74, 6) is 0.937. The maximum absolute atomic E-state index is 5.75. The largest absolute Gasteiger partial charge is 0.494 e. The molecular formula is C18H17O. The molecule has 0 amide bonds. The maximum Gasteiger partial charge on any atom is 0.119 e. The lowest BCUT2D eigenvalue weighted by molar-refractivity contribution is 0.310. The van der Waals surface area contributed by atoms with Gasteiger partial charge in [0, 0.05) is 0 Å². The summed E-state index contributed by atoms with van der Waals surface area (Å²) in [5, 5.41) is 4.71. The molecule has 0 fully saturated rings. The minimum absolute atomic E-state index is 0.787. The predicted molar refractivity (Wildman–Crippen MR) is 80.7 cm³/mol. The van der Waals surface area contributed by atoms with Gasteiger partial charge in [0.1, 0.15) is 5.75 Å². The van der Waals surface area contributed by atoms with Gasteiger partial charge in [-0.25, -0.2) is 0 Å². The van der Waals surface area contributed by atoms with E-state index in [1.807, 2.05) is 12.1 Å². The molecule has 3 aromatic carbocycles. The van der Waals surface area contributed by atoms with Crippen molar-refractivity contribution in [1.82, 2.24) is 0 Å². The first-order valence-electron chi connectivity index (χ1n) is 6.84. The van der Waals surface area contributed by atoms with E-state index < -0.39 is 0 Å². The van der Waals surface area contributed by atoms with Gasteiger partial charge < -0.3 is 4.74 Å². The predicted octanol–water partition coefficient (Wildman–Crippen LogP) is 4.97. The fraction of sp³-hybridized carbons (Fsp3) is 0.222. The van der Waals surface area contributed by atoms with Crippen molar-refractivity contribution in [3.05, 3.63) is 54.6 Å². The van der Waals surface area contributed by atoms with Crippen molar-refractivity contribution < 1.29 is 4.74 Å². The second-order valence-corrected chi connectivity index (χ2v) is 4.81. The minimum atomic E-state index is 0.787. The molecule has 0 unspecified atom stereocenters. The molecule has 0 aromatic heterocycles. The van der Waals surface area contributed by atoms with Crippen molar-refractivity contribution in [3.63, 3.8) is 0 Å². The van der Waals surface area contributed by atoms with E-state index in [1.165, 1.54) is 10.8 Å². The van der Waals surface area contributed by atoms with Crippen LogP contribution in [0.1, 0.15) is 19.8 Å². The van der Waals surface area contributed by atoms with Crippen molar-refractivity contribution in [3.8, 4) is 5.75 Å². The molecule has 0 saturated carbocycles. The lowest BCUT2D eigenvalue weighted by Crippen LogP contribution is -1.96. The van der Waals surface area contributed by atoms with E-state index in [9.17, 15) is 0 Å². The van der Waals surface area contributed by atoms with Gasteiger partial charge in [0.25, 0.3) is 0 Å². The van der Waals surface area contributed by atoms with E-state index >= 15 is 0 Å². The third kappa shape index (κ3) is 2.55. The first-order valence-corrected chi connectivity index (χ1v) is 6.84. The van der Waals surface area contributed by atoms with Crippen molar-refractivity contribution in [2.24, 2.45) is 0 Å². The van der Waals surface area contributed by atoms with Gasteiger partial charge in [-0.15, -0.1) is 0 Å². The average molecular weight is 249 g/mol. The molecule has 1 radical (unpaired) electrons. The average Bonchev–Trinajstić information content (AvgIpc) is 2.45. The number of hydrogen-bond donors (Lipinski definition) is 0. The van der Waals surface area contributed by atoms with Crippen LogP contribution in [0.15, 0.2) is 48.5 Å². The molecule has 95 valence electrons. The van der Waals surface area contributed by atoms with Crippen LogP contribution in [0, 0.1) is 6.07 Å². The summed E-state index contributed by atoms with van der Waals surface area (Å²) in [6.07, 6.45) is 2.25. The fourth-order valence-corrected chi connectivity index (χ4v) is 2.24. The zero-order valence-electron chi connectivity index (χ0n) is 11.1. The summed E-state index contributed by atoms with van der Waals surface area (Å²) >= 11 is 0. The van der Waals surface area contributed by atoms with Crippen LogP contribution in [-0.4, -0.2) is 6.61 Å². The number of rotatable bonds is 4. The Balaban J connectivity index is 1.99. The summed E-state index contributed by atoms with van der Waals surface area (Å²) in [6.45, 7) is 2.96. The zero-order valence-corrected chi connectivity index (χ0v) is 11.1.